The van der Waals surface area contributed by atoms with Crippen LogP contribution in [0.1, 0.15) is 25.1 Å². The van der Waals surface area contributed by atoms with Crippen molar-refractivity contribution in [3.8, 4) is 0 Å². The third-order valence-electron chi connectivity index (χ3n) is 3.77. The van der Waals surface area contributed by atoms with Crippen molar-refractivity contribution in [2.75, 3.05) is 0 Å². The maximum absolute atomic E-state index is 13.8. The summed E-state index contributed by atoms with van der Waals surface area (Å²) in [6.45, 7) is 8.74. The van der Waals surface area contributed by atoms with Crippen LogP contribution >= 0.6 is 0 Å². The van der Waals surface area contributed by atoms with Crippen molar-refractivity contribution in [3.63, 3.8) is 0 Å². The largest absolute Gasteiger partial charge is 0.311 e. The third-order valence-corrected chi connectivity index (χ3v) is 3.77. The monoisotopic (exact) mass is 298 g/mol. The lowest BCUT2D eigenvalue weighted by Gasteiger charge is -2.12. The molecule has 0 atom stereocenters. The maximum atomic E-state index is 13.8. The van der Waals surface area contributed by atoms with Gasteiger partial charge < -0.3 is 4.57 Å². The molecule has 0 aliphatic rings. The van der Waals surface area contributed by atoms with Gasteiger partial charge in [-0.2, -0.15) is 0 Å². The van der Waals surface area contributed by atoms with E-state index in [1.807, 2.05) is 13.0 Å². The van der Waals surface area contributed by atoms with Crippen molar-refractivity contribution >= 4 is 16.5 Å². The number of nitrogens with zero attached hydrogens (tertiary/aromatic N) is 2. The van der Waals surface area contributed by atoms with Crippen LogP contribution in [0.5, 0.6) is 0 Å². The molecule has 22 heavy (non-hydrogen) atoms. The second-order valence-corrected chi connectivity index (χ2v) is 5.19. The molecule has 2 rings (SSSR count). The smallest absolute Gasteiger partial charge is 0.258 e. The van der Waals surface area contributed by atoms with Crippen LogP contribution < -0.4 is 5.56 Å². The van der Waals surface area contributed by atoms with Crippen molar-refractivity contribution in [3.05, 3.63) is 70.1 Å². The predicted octanol–water partition coefficient (Wildman–Crippen LogP) is 4.07. The first kappa shape index (κ1) is 15.9. The Morgan fingerprint density at radius 2 is 2.09 bits per heavy atom. The Hall–Kier alpha value is -2.49. The number of hydrogen-bond donors (Lipinski definition) is 0. The summed E-state index contributed by atoms with van der Waals surface area (Å²) in [4.78, 5) is 16.9. The zero-order valence-electron chi connectivity index (χ0n) is 13.3. The first-order chi connectivity index (χ1) is 10.4. The summed E-state index contributed by atoms with van der Waals surface area (Å²) < 4.78 is 15.4. The van der Waals surface area contributed by atoms with Gasteiger partial charge >= 0.3 is 0 Å². The van der Waals surface area contributed by atoms with E-state index in [4.69, 9.17) is 0 Å². The molecule has 0 aliphatic carbocycles. The lowest BCUT2D eigenvalue weighted by atomic mass is 9.98. The molecule has 2 aromatic heterocycles. The molecule has 2 aromatic rings. The van der Waals surface area contributed by atoms with Crippen LogP contribution in [0.2, 0.25) is 0 Å². The van der Waals surface area contributed by atoms with Crippen LogP contribution in [0.25, 0.3) is 16.5 Å². The summed E-state index contributed by atoms with van der Waals surface area (Å²) in [6.07, 6.45) is 4.61. The van der Waals surface area contributed by atoms with E-state index >= 15 is 0 Å². The van der Waals surface area contributed by atoms with Crippen LogP contribution in [0.4, 0.5) is 4.39 Å². The molecule has 0 amide bonds. The molecule has 0 saturated carbocycles. The van der Waals surface area contributed by atoms with E-state index in [1.54, 1.807) is 43.8 Å². The SMILES string of the molecule is C=C/C(F)=C(C)\C(=C/C)c1cc2cnc(C)cc2n(C)c1=O. The molecule has 0 aliphatic heterocycles. The van der Waals surface area contributed by atoms with Gasteiger partial charge in [0.15, 0.2) is 0 Å². The van der Waals surface area contributed by atoms with Gasteiger partial charge in [-0.3, -0.25) is 9.78 Å². The number of halogens is 1. The number of pyridine rings is 2. The van der Waals surface area contributed by atoms with E-state index in [0.717, 1.165) is 22.7 Å². The van der Waals surface area contributed by atoms with Crippen molar-refractivity contribution in [1.29, 1.82) is 0 Å². The molecule has 0 radical (unpaired) electrons. The minimum Gasteiger partial charge on any atom is -0.311 e. The molecule has 4 heteroatoms. The Balaban J connectivity index is 2.82. The second-order valence-electron chi connectivity index (χ2n) is 5.19. The normalized spacial score (nSPS) is 13.2. The molecule has 0 unspecified atom stereocenters. The van der Waals surface area contributed by atoms with Crippen molar-refractivity contribution < 1.29 is 4.39 Å². The van der Waals surface area contributed by atoms with Crippen molar-refractivity contribution in [1.82, 2.24) is 9.55 Å². The Morgan fingerprint density at radius 1 is 1.41 bits per heavy atom. The van der Waals surface area contributed by atoms with Gasteiger partial charge in [0.25, 0.3) is 5.56 Å². The molecule has 0 N–H and O–H groups in total. The lowest BCUT2D eigenvalue weighted by molar-refractivity contribution is 0.659. The second kappa shape index (κ2) is 6.10. The van der Waals surface area contributed by atoms with Gasteiger partial charge in [0.05, 0.1) is 5.52 Å². The summed E-state index contributed by atoms with van der Waals surface area (Å²) >= 11 is 0. The molecular formula is C18H19FN2O. The molecule has 114 valence electrons. The highest BCUT2D eigenvalue weighted by Crippen LogP contribution is 2.26. The number of hydrogen-bond acceptors (Lipinski definition) is 2. The Bertz CT molecular complexity index is 873. The fraction of sp³-hybridized carbons (Fsp3) is 0.222. The summed E-state index contributed by atoms with van der Waals surface area (Å²) in [6, 6.07) is 3.63. The molecule has 3 nitrogen and oxygen atoms in total. The Labute approximate surface area is 129 Å². The topological polar surface area (TPSA) is 34.9 Å². The predicted molar refractivity (Wildman–Crippen MR) is 89.4 cm³/mol. The Kier molecular flexibility index (Phi) is 4.40. The van der Waals surface area contributed by atoms with E-state index in [9.17, 15) is 9.18 Å². The minimum absolute atomic E-state index is 0.164. The van der Waals surface area contributed by atoms with Gasteiger partial charge in [0.1, 0.15) is 5.83 Å². The van der Waals surface area contributed by atoms with Crippen LogP contribution in [0, 0.1) is 6.92 Å². The quantitative estimate of drug-likeness (QED) is 0.800. The summed E-state index contributed by atoms with van der Waals surface area (Å²) in [5.41, 5.74) is 2.91. The third kappa shape index (κ3) is 2.64. The van der Waals surface area contributed by atoms with Crippen LogP contribution in [0.3, 0.4) is 0 Å². The molecule has 0 fully saturated rings. The summed E-state index contributed by atoms with van der Waals surface area (Å²) in [7, 11) is 1.71. The molecular weight excluding hydrogens is 279 g/mol. The van der Waals surface area contributed by atoms with Crippen LogP contribution in [-0.2, 0) is 7.05 Å². The van der Waals surface area contributed by atoms with E-state index in [-0.39, 0.29) is 5.56 Å². The lowest BCUT2D eigenvalue weighted by Crippen LogP contribution is -2.21. The fourth-order valence-corrected chi connectivity index (χ4v) is 2.51. The van der Waals surface area contributed by atoms with Gasteiger partial charge in [-0.25, -0.2) is 4.39 Å². The van der Waals surface area contributed by atoms with E-state index in [2.05, 4.69) is 11.6 Å². The first-order valence-corrected chi connectivity index (χ1v) is 7.03. The summed E-state index contributed by atoms with van der Waals surface area (Å²) in [5, 5.41) is 0.842. The zero-order chi connectivity index (χ0) is 16.4. The number of rotatable bonds is 3. The first-order valence-electron chi connectivity index (χ1n) is 7.03. The van der Waals surface area contributed by atoms with Crippen molar-refractivity contribution in [2.45, 2.75) is 20.8 Å². The fourth-order valence-electron chi connectivity index (χ4n) is 2.51. The molecule has 0 saturated heterocycles. The van der Waals surface area contributed by atoms with Gasteiger partial charge in [-0.15, -0.1) is 0 Å². The number of aryl methyl sites for hydroxylation is 2. The molecule has 0 aromatic carbocycles. The van der Waals surface area contributed by atoms with Crippen LogP contribution in [0.15, 0.2) is 53.3 Å². The minimum atomic E-state index is -0.433. The standard InChI is InChI=1S/C18H19FN2O/c1-6-14(12(4)16(19)7-2)15-9-13-10-20-11(3)8-17(13)21(5)18(15)22/h6-10H,2H2,1,3-5H3/b14-6+,16-12+. The van der Waals surface area contributed by atoms with E-state index in [0.29, 0.717) is 16.7 Å². The number of allylic oxidation sites excluding steroid dienone is 5. The summed E-state index contributed by atoms with van der Waals surface area (Å²) in [5.74, 6) is -0.433. The molecule has 0 spiro atoms. The zero-order valence-corrected chi connectivity index (χ0v) is 13.3. The highest BCUT2D eigenvalue weighted by Gasteiger charge is 2.14. The van der Waals surface area contributed by atoms with Gasteiger partial charge in [0, 0.05) is 29.9 Å². The van der Waals surface area contributed by atoms with Gasteiger partial charge in [0.2, 0.25) is 0 Å². The average Bonchev–Trinajstić information content (AvgIpc) is 2.52. The number of fused-ring (bicyclic) bond motifs is 1. The number of aromatic nitrogens is 2. The maximum Gasteiger partial charge on any atom is 0.258 e. The van der Waals surface area contributed by atoms with E-state index in [1.165, 1.54) is 0 Å². The van der Waals surface area contributed by atoms with Crippen LogP contribution in [-0.4, -0.2) is 9.55 Å². The van der Waals surface area contributed by atoms with Gasteiger partial charge in [-0.05, 0) is 50.1 Å². The Morgan fingerprint density at radius 3 is 2.68 bits per heavy atom. The molecule has 2 heterocycles. The van der Waals surface area contributed by atoms with Crippen molar-refractivity contribution in [2.24, 2.45) is 7.05 Å². The van der Waals surface area contributed by atoms with E-state index < -0.39 is 5.83 Å². The highest BCUT2D eigenvalue weighted by atomic mass is 19.1. The average molecular weight is 298 g/mol. The van der Waals surface area contributed by atoms with Gasteiger partial charge in [-0.1, -0.05) is 12.7 Å². The highest BCUT2D eigenvalue weighted by molar-refractivity contribution is 5.86. The molecule has 0 bridgehead atoms.